The molecule has 4 heteroatoms. The number of carbonyl (C=O) groups excluding carboxylic acids is 1. The number of nitrogens with one attached hydrogen (secondary N) is 1. The molecule has 2 aromatic rings. The largest absolute Gasteiger partial charge is 0.508 e. The lowest BCUT2D eigenvalue weighted by atomic mass is 10.1. The average molecular weight is 285 g/mol. The van der Waals surface area contributed by atoms with Crippen LogP contribution in [-0.2, 0) is 11.2 Å². The van der Waals surface area contributed by atoms with Gasteiger partial charge >= 0.3 is 0 Å². The summed E-state index contributed by atoms with van der Waals surface area (Å²) in [7, 11) is 0. The van der Waals surface area contributed by atoms with Gasteiger partial charge in [0.15, 0.2) is 6.61 Å². The first-order chi connectivity index (χ1) is 10.2. The predicted molar refractivity (Wildman–Crippen MR) is 81.4 cm³/mol. The van der Waals surface area contributed by atoms with Crippen LogP contribution in [0.5, 0.6) is 11.5 Å². The number of aryl methyl sites for hydroxylation is 1. The average Bonchev–Trinajstić information content (AvgIpc) is 2.52. The number of carbonyl (C=O) groups is 1. The second kappa shape index (κ2) is 7.94. The summed E-state index contributed by atoms with van der Waals surface area (Å²) in [6.07, 6.45) is 1.84. The number of phenolic OH excluding ortho intramolecular Hbond substituents is 1. The van der Waals surface area contributed by atoms with Crippen molar-refractivity contribution < 1.29 is 14.6 Å². The molecule has 2 rings (SSSR count). The van der Waals surface area contributed by atoms with E-state index in [9.17, 15) is 4.79 Å². The Bertz CT molecular complexity index is 552. The first-order valence-corrected chi connectivity index (χ1v) is 6.96. The highest BCUT2D eigenvalue weighted by Crippen LogP contribution is 2.15. The Balaban J connectivity index is 1.60. The van der Waals surface area contributed by atoms with E-state index in [1.807, 2.05) is 18.2 Å². The molecular weight excluding hydrogens is 266 g/mol. The maximum atomic E-state index is 11.6. The number of rotatable bonds is 7. The van der Waals surface area contributed by atoms with Crippen molar-refractivity contribution >= 4 is 5.91 Å². The maximum Gasteiger partial charge on any atom is 0.257 e. The molecule has 4 nitrogen and oxygen atoms in total. The van der Waals surface area contributed by atoms with Gasteiger partial charge in [0.2, 0.25) is 0 Å². The van der Waals surface area contributed by atoms with Gasteiger partial charge in [0.05, 0.1) is 0 Å². The Labute approximate surface area is 124 Å². The fraction of sp³-hybridized carbons (Fsp3) is 0.235. The van der Waals surface area contributed by atoms with Crippen LogP contribution < -0.4 is 10.1 Å². The molecule has 2 aromatic carbocycles. The summed E-state index contributed by atoms with van der Waals surface area (Å²) >= 11 is 0. The van der Waals surface area contributed by atoms with Crippen molar-refractivity contribution in [2.75, 3.05) is 13.2 Å². The minimum Gasteiger partial charge on any atom is -0.508 e. The lowest BCUT2D eigenvalue weighted by molar-refractivity contribution is -0.123. The number of benzene rings is 2. The van der Waals surface area contributed by atoms with E-state index in [0.717, 1.165) is 12.8 Å². The molecule has 21 heavy (non-hydrogen) atoms. The first kappa shape index (κ1) is 14.9. The zero-order valence-electron chi connectivity index (χ0n) is 11.8. The summed E-state index contributed by atoms with van der Waals surface area (Å²) in [5.41, 5.74) is 1.27. The highest BCUT2D eigenvalue weighted by atomic mass is 16.5. The molecule has 2 N–H and O–H groups in total. The van der Waals surface area contributed by atoms with Gasteiger partial charge in [0, 0.05) is 6.54 Å². The number of ether oxygens (including phenoxy) is 1. The second-order valence-electron chi connectivity index (χ2n) is 4.72. The van der Waals surface area contributed by atoms with Gasteiger partial charge in [-0.1, -0.05) is 30.3 Å². The van der Waals surface area contributed by atoms with Crippen molar-refractivity contribution in [3.63, 3.8) is 0 Å². The van der Waals surface area contributed by atoms with Crippen molar-refractivity contribution in [1.82, 2.24) is 5.32 Å². The molecule has 0 heterocycles. The Morgan fingerprint density at radius 2 is 1.76 bits per heavy atom. The standard InChI is InChI=1S/C17H19NO3/c19-15-8-10-16(11-9-15)21-13-17(20)18-12-4-7-14-5-2-1-3-6-14/h1-3,5-6,8-11,19H,4,7,12-13H2,(H,18,20). The Morgan fingerprint density at radius 1 is 1.05 bits per heavy atom. The number of hydrogen-bond acceptors (Lipinski definition) is 3. The minimum atomic E-state index is -0.142. The van der Waals surface area contributed by atoms with Crippen LogP contribution in [0.3, 0.4) is 0 Å². The zero-order chi connectivity index (χ0) is 14.9. The van der Waals surface area contributed by atoms with Crippen LogP contribution in [0.2, 0.25) is 0 Å². The monoisotopic (exact) mass is 285 g/mol. The molecule has 1 amide bonds. The number of amides is 1. The summed E-state index contributed by atoms with van der Waals surface area (Å²) in [4.78, 5) is 11.6. The molecule has 0 saturated heterocycles. The van der Waals surface area contributed by atoms with Gasteiger partial charge in [-0.3, -0.25) is 4.79 Å². The quantitative estimate of drug-likeness (QED) is 0.769. The topological polar surface area (TPSA) is 58.6 Å². The van der Waals surface area contributed by atoms with Gasteiger partial charge < -0.3 is 15.2 Å². The fourth-order valence-corrected chi connectivity index (χ4v) is 1.91. The number of hydrogen-bond donors (Lipinski definition) is 2. The molecule has 0 unspecified atom stereocenters. The normalized spacial score (nSPS) is 10.1. The molecule has 0 fully saturated rings. The minimum absolute atomic E-state index is 0.0177. The predicted octanol–water partition coefficient (Wildman–Crippen LogP) is 2.52. The van der Waals surface area contributed by atoms with E-state index in [-0.39, 0.29) is 18.3 Å². The van der Waals surface area contributed by atoms with Gasteiger partial charge in [-0.05, 0) is 42.7 Å². The molecule has 0 aliphatic rings. The molecule has 0 aliphatic carbocycles. The molecule has 0 radical (unpaired) electrons. The van der Waals surface area contributed by atoms with Crippen LogP contribution in [-0.4, -0.2) is 24.2 Å². The number of phenols is 1. The summed E-state index contributed by atoms with van der Waals surface area (Å²) in [5, 5.41) is 12.0. The van der Waals surface area contributed by atoms with Crippen LogP contribution in [0.15, 0.2) is 54.6 Å². The summed E-state index contributed by atoms with van der Waals surface area (Å²) < 4.78 is 5.31. The lowest BCUT2D eigenvalue weighted by Gasteiger charge is -2.07. The zero-order valence-corrected chi connectivity index (χ0v) is 11.8. The molecule has 0 aliphatic heterocycles. The third-order valence-corrected chi connectivity index (χ3v) is 3.01. The van der Waals surface area contributed by atoms with Gasteiger partial charge in [-0.15, -0.1) is 0 Å². The van der Waals surface area contributed by atoms with E-state index >= 15 is 0 Å². The fourth-order valence-electron chi connectivity index (χ4n) is 1.91. The Hall–Kier alpha value is -2.49. The van der Waals surface area contributed by atoms with Crippen molar-refractivity contribution in [3.8, 4) is 11.5 Å². The van der Waals surface area contributed by atoms with Crippen molar-refractivity contribution in [2.45, 2.75) is 12.8 Å². The summed E-state index contributed by atoms with van der Waals surface area (Å²) in [6, 6.07) is 16.5. The second-order valence-corrected chi connectivity index (χ2v) is 4.72. The Morgan fingerprint density at radius 3 is 2.48 bits per heavy atom. The molecule has 0 atom stereocenters. The highest BCUT2D eigenvalue weighted by Gasteiger charge is 2.02. The summed E-state index contributed by atoms with van der Waals surface area (Å²) in [5.74, 6) is 0.594. The van der Waals surface area contributed by atoms with Gasteiger partial charge in [0.25, 0.3) is 5.91 Å². The van der Waals surface area contributed by atoms with Crippen LogP contribution in [0.25, 0.3) is 0 Å². The molecular formula is C17H19NO3. The van der Waals surface area contributed by atoms with Crippen molar-refractivity contribution in [1.29, 1.82) is 0 Å². The van der Waals surface area contributed by atoms with E-state index in [1.165, 1.54) is 17.7 Å². The van der Waals surface area contributed by atoms with Crippen molar-refractivity contribution in [2.24, 2.45) is 0 Å². The third kappa shape index (κ3) is 5.57. The van der Waals surface area contributed by atoms with Gasteiger partial charge in [-0.25, -0.2) is 0 Å². The number of aromatic hydroxyl groups is 1. The van der Waals surface area contributed by atoms with Crippen LogP contribution in [0.4, 0.5) is 0 Å². The van der Waals surface area contributed by atoms with Crippen LogP contribution in [0, 0.1) is 0 Å². The van der Waals surface area contributed by atoms with Gasteiger partial charge in [0.1, 0.15) is 11.5 Å². The van der Waals surface area contributed by atoms with Crippen LogP contribution >= 0.6 is 0 Å². The van der Waals surface area contributed by atoms with E-state index in [4.69, 9.17) is 9.84 Å². The van der Waals surface area contributed by atoms with E-state index < -0.39 is 0 Å². The molecule has 110 valence electrons. The lowest BCUT2D eigenvalue weighted by Crippen LogP contribution is -2.29. The highest BCUT2D eigenvalue weighted by molar-refractivity contribution is 5.77. The molecule has 0 saturated carbocycles. The maximum absolute atomic E-state index is 11.6. The van der Waals surface area contributed by atoms with Crippen LogP contribution in [0.1, 0.15) is 12.0 Å². The summed E-state index contributed by atoms with van der Waals surface area (Å²) in [6.45, 7) is 0.614. The molecule has 0 aromatic heterocycles. The SMILES string of the molecule is O=C(COc1ccc(O)cc1)NCCCc1ccccc1. The smallest absolute Gasteiger partial charge is 0.257 e. The van der Waals surface area contributed by atoms with Crippen molar-refractivity contribution in [3.05, 3.63) is 60.2 Å². The molecule has 0 spiro atoms. The molecule has 0 bridgehead atoms. The van der Waals surface area contributed by atoms with E-state index in [2.05, 4.69) is 17.4 Å². The Kier molecular flexibility index (Phi) is 5.64. The van der Waals surface area contributed by atoms with E-state index in [1.54, 1.807) is 12.1 Å². The van der Waals surface area contributed by atoms with E-state index in [0.29, 0.717) is 12.3 Å². The third-order valence-electron chi connectivity index (χ3n) is 3.01. The first-order valence-electron chi connectivity index (χ1n) is 6.96. The van der Waals surface area contributed by atoms with Gasteiger partial charge in [-0.2, -0.15) is 0 Å².